The molecule has 3 heterocycles. The van der Waals surface area contributed by atoms with E-state index in [-0.39, 0.29) is 17.4 Å². The minimum atomic E-state index is -0.0304. The summed E-state index contributed by atoms with van der Waals surface area (Å²) in [5, 5.41) is 1.98. The third-order valence-corrected chi connectivity index (χ3v) is 6.33. The predicted octanol–water partition coefficient (Wildman–Crippen LogP) is 2.76. The van der Waals surface area contributed by atoms with Gasteiger partial charge in [0.15, 0.2) is 0 Å². The summed E-state index contributed by atoms with van der Waals surface area (Å²) >= 11 is 1.64. The van der Waals surface area contributed by atoms with Gasteiger partial charge in [0.25, 0.3) is 5.91 Å². The zero-order chi connectivity index (χ0) is 15.9. The standard InChI is InChI=1S/C17H22N2O2S/c1-4-15(20)18-8-5-17(6-9-18)7-10-19(17)16(21)14-11-22-13(3)12(14)2/h4,11H,1,5-10H2,2-3H3. The molecule has 2 saturated heterocycles. The summed E-state index contributed by atoms with van der Waals surface area (Å²) in [4.78, 5) is 29.6. The van der Waals surface area contributed by atoms with Crippen molar-refractivity contribution in [2.45, 2.75) is 38.6 Å². The molecular formula is C17H22N2O2S. The molecule has 0 N–H and O–H groups in total. The van der Waals surface area contributed by atoms with Crippen LogP contribution in [0, 0.1) is 13.8 Å². The molecule has 0 aromatic carbocycles. The van der Waals surface area contributed by atoms with E-state index in [0.717, 1.165) is 50.0 Å². The summed E-state index contributed by atoms with van der Waals surface area (Å²) in [5.74, 6) is 0.160. The number of carbonyl (C=O) groups excluding carboxylic acids is 2. The van der Waals surface area contributed by atoms with E-state index in [1.54, 1.807) is 11.3 Å². The van der Waals surface area contributed by atoms with Crippen LogP contribution in [0.2, 0.25) is 0 Å². The zero-order valence-corrected chi connectivity index (χ0v) is 14.0. The van der Waals surface area contributed by atoms with Crippen LogP contribution in [0.5, 0.6) is 0 Å². The van der Waals surface area contributed by atoms with Crippen molar-refractivity contribution in [3.05, 3.63) is 34.0 Å². The van der Waals surface area contributed by atoms with Gasteiger partial charge in [0.05, 0.1) is 5.56 Å². The van der Waals surface area contributed by atoms with Crippen molar-refractivity contribution in [2.75, 3.05) is 19.6 Å². The summed E-state index contributed by atoms with van der Waals surface area (Å²) in [5.41, 5.74) is 1.93. The first-order chi connectivity index (χ1) is 10.5. The average molecular weight is 318 g/mol. The molecule has 0 aliphatic carbocycles. The molecule has 1 spiro atoms. The van der Waals surface area contributed by atoms with E-state index in [0.29, 0.717) is 0 Å². The van der Waals surface area contributed by atoms with Gasteiger partial charge >= 0.3 is 0 Å². The van der Waals surface area contributed by atoms with Gasteiger partial charge in [-0.1, -0.05) is 6.58 Å². The number of aryl methyl sites for hydroxylation is 1. The molecule has 2 amide bonds. The number of piperidine rings is 1. The van der Waals surface area contributed by atoms with Gasteiger partial charge in [0.1, 0.15) is 0 Å². The average Bonchev–Trinajstić information content (AvgIpc) is 2.85. The monoisotopic (exact) mass is 318 g/mol. The van der Waals surface area contributed by atoms with E-state index in [1.807, 2.05) is 22.1 Å². The fourth-order valence-corrected chi connectivity index (χ4v) is 4.38. The molecule has 0 bridgehead atoms. The van der Waals surface area contributed by atoms with Gasteiger partial charge in [0, 0.05) is 35.4 Å². The highest BCUT2D eigenvalue weighted by Crippen LogP contribution is 2.41. The summed E-state index contributed by atoms with van der Waals surface area (Å²) in [7, 11) is 0. The molecule has 5 heteroatoms. The van der Waals surface area contributed by atoms with Gasteiger partial charge in [-0.3, -0.25) is 9.59 Å². The SMILES string of the molecule is C=CC(=O)N1CCC2(CC1)CCN2C(=O)c1csc(C)c1C. The van der Waals surface area contributed by atoms with Crippen LogP contribution in [0.3, 0.4) is 0 Å². The lowest BCUT2D eigenvalue weighted by atomic mass is 9.76. The minimum absolute atomic E-state index is 0.00338. The minimum Gasteiger partial charge on any atom is -0.339 e. The Balaban J connectivity index is 1.72. The van der Waals surface area contributed by atoms with Gasteiger partial charge in [0.2, 0.25) is 5.91 Å². The molecule has 4 nitrogen and oxygen atoms in total. The van der Waals surface area contributed by atoms with E-state index >= 15 is 0 Å². The normalized spacial score (nSPS) is 19.9. The smallest absolute Gasteiger partial charge is 0.255 e. The van der Waals surface area contributed by atoms with Gasteiger partial charge in [-0.25, -0.2) is 0 Å². The lowest BCUT2D eigenvalue weighted by Gasteiger charge is -2.56. The largest absolute Gasteiger partial charge is 0.339 e. The van der Waals surface area contributed by atoms with Crippen molar-refractivity contribution in [3.63, 3.8) is 0 Å². The fourth-order valence-electron chi connectivity index (χ4n) is 3.52. The molecule has 3 rings (SSSR count). The van der Waals surface area contributed by atoms with Crippen molar-refractivity contribution in [1.82, 2.24) is 9.80 Å². The van der Waals surface area contributed by atoms with Crippen LogP contribution in [0.1, 0.15) is 40.1 Å². The molecular weight excluding hydrogens is 296 g/mol. The highest BCUT2D eigenvalue weighted by Gasteiger charge is 2.49. The molecule has 2 fully saturated rings. The lowest BCUT2D eigenvalue weighted by Crippen LogP contribution is -2.66. The van der Waals surface area contributed by atoms with Gasteiger partial charge in [-0.2, -0.15) is 0 Å². The Morgan fingerprint density at radius 2 is 1.86 bits per heavy atom. The summed E-state index contributed by atoms with van der Waals surface area (Å²) in [6, 6.07) is 0. The Bertz CT molecular complexity index is 627. The highest BCUT2D eigenvalue weighted by atomic mass is 32.1. The number of hydrogen-bond acceptors (Lipinski definition) is 3. The molecule has 0 radical (unpaired) electrons. The Labute approximate surface area is 135 Å². The summed E-state index contributed by atoms with van der Waals surface area (Å²) in [6.45, 7) is 9.90. The van der Waals surface area contributed by atoms with Crippen molar-refractivity contribution in [2.24, 2.45) is 0 Å². The first-order valence-corrected chi connectivity index (χ1v) is 8.64. The fraction of sp³-hybridized carbons (Fsp3) is 0.529. The molecule has 2 aliphatic heterocycles. The highest BCUT2D eigenvalue weighted by molar-refractivity contribution is 7.10. The number of hydrogen-bond donors (Lipinski definition) is 0. The Morgan fingerprint density at radius 3 is 2.32 bits per heavy atom. The van der Waals surface area contributed by atoms with Crippen molar-refractivity contribution < 1.29 is 9.59 Å². The Hall–Kier alpha value is -1.62. The van der Waals surface area contributed by atoms with E-state index < -0.39 is 0 Å². The van der Waals surface area contributed by atoms with Crippen LogP contribution >= 0.6 is 11.3 Å². The maximum atomic E-state index is 12.8. The quantitative estimate of drug-likeness (QED) is 0.787. The number of rotatable bonds is 2. The van der Waals surface area contributed by atoms with Crippen molar-refractivity contribution >= 4 is 23.2 Å². The number of likely N-dealkylation sites (tertiary alicyclic amines) is 2. The predicted molar refractivity (Wildman–Crippen MR) is 88.2 cm³/mol. The maximum absolute atomic E-state index is 12.8. The van der Waals surface area contributed by atoms with Gasteiger partial charge in [-0.15, -0.1) is 11.3 Å². The first kappa shape index (κ1) is 15.3. The molecule has 0 unspecified atom stereocenters. The summed E-state index contributed by atoms with van der Waals surface area (Å²) in [6.07, 6.45) is 4.18. The molecule has 2 aliphatic rings. The summed E-state index contributed by atoms with van der Waals surface area (Å²) < 4.78 is 0. The second-order valence-corrected chi connectivity index (χ2v) is 7.37. The van der Waals surface area contributed by atoms with E-state index in [4.69, 9.17) is 0 Å². The van der Waals surface area contributed by atoms with Crippen LogP contribution in [0.15, 0.2) is 18.0 Å². The Kier molecular flexibility index (Phi) is 3.85. The second-order valence-electron chi connectivity index (χ2n) is 6.29. The van der Waals surface area contributed by atoms with Crippen molar-refractivity contribution in [1.29, 1.82) is 0 Å². The van der Waals surface area contributed by atoms with E-state index in [1.165, 1.54) is 11.0 Å². The lowest BCUT2D eigenvalue weighted by molar-refractivity contribution is -0.130. The van der Waals surface area contributed by atoms with E-state index in [2.05, 4.69) is 13.5 Å². The number of amides is 2. The van der Waals surface area contributed by atoms with Crippen LogP contribution in [0.25, 0.3) is 0 Å². The topological polar surface area (TPSA) is 40.6 Å². The first-order valence-electron chi connectivity index (χ1n) is 7.76. The maximum Gasteiger partial charge on any atom is 0.255 e. The third-order valence-electron chi connectivity index (χ3n) is 5.32. The number of thiophene rings is 1. The number of nitrogens with zero attached hydrogens (tertiary/aromatic N) is 2. The third kappa shape index (κ3) is 2.28. The molecule has 0 atom stereocenters. The molecule has 1 aromatic rings. The molecule has 1 aromatic heterocycles. The second kappa shape index (κ2) is 5.54. The van der Waals surface area contributed by atoms with E-state index in [9.17, 15) is 9.59 Å². The van der Waals surface area contributed by atoms with Crippen LogP contribution in [0.4, 0.5) is 0 Å². The van der Waals surface area contributed by atoms with Crippen LogP contribution in [-0.4, -0.2) is 46.8 Å². The van der Waals surface area contributed by atoms with Gasteiger partial charge < -0.3 is 9.80 Å². The van der Waals surface area contributed by atoms with Gasteiger partial charge in [-0.05, 0) is 44.7 Å². The number of carbonyl (C=O) groups is 2. The molecule has 118 valence electrons. The molecule has 0 saturated carbocycles. The zero-order valence-electron chi connectivity index (χ0n) is 13.2. The van der Waals surface area contributed by atoms with Crippen LogP contribution < -0.4 is 0 Å². The van der Waals surface area contributed by atoms with Crippen molar-refractivity contribution in [3.8, 4) is 0 Å². The Morgan fingerprint density at radius 1 is 1.23 bits per heavy atom. The van der Waals surface area contributed by atoms with Crippen LogP contribution in [-0.2, 0) is 4.79 Å². The molecule has 22 heavy (non-hydrogen) atoms.